The minimum Gasteiger partial charge on any atom is -0.494 e. The molecule has 0 aliphatic heterocycles. The smallest absolute Gasteiger partial charge is 0.251 e. The zero-order chi connectivity index (χ0) is 22.8. The Kier molecular flexibility index (Phi) is 8.66. The average molecular weight is 438 g/mol. The van der Waals surface area contributed by atoms with E-state index in [0.717, 1.165) is 31.2 Å². The van der Waals surface area contributed by atoms with Crippen molar-refractivity contribution in [1.29, 1.82) is 0 Å². The number of hydrogen-bond acceptors (Lipinski definition) is 4. The molecule has 2 aromatic carbocycles. The molecule has 32 heavy (non-hydrogen) atoms. The Balaban J connectivity index is 1.50. The molecular formula is C25H31N3O4. The summed E-state index contributed by atoms with van der Waals surface area (Å²) in [6.07, 6.45) is 4.35. The first-order valence-electron chi connectivity index (χ1n) is 11.2. The predicted octanol–water partition coefficient (Wildman–Crippen LogP) is 2.60. The topological polar surface area (TPSA) is 96.5 Å². The van der Waals surface area contributed by atoms with Gasteiger partial charge in [0.15, 0.2) is 0 Å². The van der Waals surface area contributed by atoms with Crippen molar-refractivity contribution >= 4 is 17.7 Å². The van der Waals surface area contributed by atoms with Crippen molar-refractivity contribution in [2.24, 2.45) is 0 Å². The molecule has 2 aromatic rings. The van der Waals surface area contributed by atoms with E-state index < -0.39 is 11.9 Å². The average Bonchev–Trinajstić information content (AvgIpc) is 3.62. The third kappa shape index (κ3) is 7.72. The van der Waals surface area contributed by atoms with Crippen molar-refractivity contribution in [2.75, 3.05) is 13.2 Å². The first kappa shape index (κ1) is 23.3. The molecule has 1 atom stereocenters. The largest absolute Gasteiger partial charge is 0.494 e. The first-order chi connectivity index (χ1) is 15.5. The molecule has 7 nitrogen and oxygen atoms in total. The van der Waals surface area contributed by atoms with Gasteiger partial charge in [-0.05, 0) is 49.1 Å². The van der Waals surface area contributed by atoms with E-state index in [-0.39, 0.29) is 24.4 Å². The minimum atomic E-state index is -0.693. The van der Waals surface area contributed by atoms with Crippen molar-refractivity contribution in [2.45, 2.75) is 51.1 Å². The van der Waals surface area contributed by atoms with Crippen LogP contribution in [0.4, 0.5) is 0 Å². The first-order valence-corrected chi connectivity index (χ1v) is 11.2. The highest BCUT2D eigenvalue weighted by molar-refractivity contribution is 5.97. The van der Waals surface area contributed by atoms with Gasteiger partial charge < -0.3 is 20.7 Å². The summed E-state index contributed by atoms with van der Waals surface area (Å²) >= 11 is 0. The van der Waals surface area contributed by atoms with Crippen LogP contribution in [0.3, 0.4) is 0 Å². The lowest BCUT2D eigenvalue weighted by molar-refractivity contribution is -0.128. The number of ether oxygens (including phenoxy) is 1. The molecule has 1 unspecified atom stereocenters. The van der Waals surface area contributed by atoms with E-state index in [9.17, 15) is 14.4 Å². The second-order valence-corrected chi connectivity index (χ2v) is 8.00. The molecule has 3 rings (SSSR count). The second kappa shape index (κ2) is 11.9. The third-order valence-corrected chi connectivity index (χ3v) is 5.15. The number of hydrogen-bond donors (Lipinski definition) is 3. The molecule has 0 heterocycles. The van der Waals surface area contributed by atoms with Gasteiger partial charge in [-0.2, -0.15) is 0 Å². The summed E-state index contributed by atoms with van der Waals surface area (Å²) in [6, 6.07) is 15.8. The standard InChI is InChI=1S/C25H31N3O4/c1-2-3-15-32-21-13-9-19(10-14-21)24(30)26-17-23(29)28-22(25(31)27-20-11-12-20)16-18-7-5-4-6-8-18/h4-10,13-14,20,22H,2-3,11-12,15-17H2,1H3,(H,26,30)(H,27,31)(H,28,29). The summed E-state index contributed by atoms with van der Waals surface area (Å²) in [5.74, 6) is -0.264. The molecular weight excluding hydrogens is 406 g/mol. The van der Waals surface area contributed by atoms with E-state index in [1.54, 1.807) is 24.3 Å². The highest BCUT2D eigenvalue weighted by atomic mass is 16.5. The fourth-order valence-electron chi connectivity index (χ4n) is 3.13. The van der Waals surface area contributed by atoms with Crippen LogP contribution in [0.2, 0.25) is 0 Å². The van der Waals surface area contributed by atoms with E-state index >= 15 is 0 Å². The maximum Gasteiger partial charge on any atom is 0.251 e. The lowest BCUT2D eigenvalue weighted by atomic mass is 10.1. The lowest BCUT2D eigenvalue weighted by Gasteiger charge is -2.19. The van der Waals surface area contributed by atoms with Crippen molar-refractivity contribution in [3.8, 4) is 5.75 Å². The summed E-state index contributed by atoms with van der Waals surface area (Å²) in [7, 11) is 0. The summed E-state index contributed by atoms with van der Waals surface area (Å²) in [4.78, 5) is 37.4. The van der Waals surface area contributed by atoms with Gasteiger partial charge in [0.1, 0.15) is 11.8 Å². The van der Waals surface area contributed by atoms with Gasteiger partial charge in [-0.3, -0.25) is 14.4 Å². The highest BCUT2D eigenvalue weighted by Crippen LogP contribution is 2.19. The third-order valence-electron chi connectivity index (χ3n) is 5.15. The van der Waals surface area contributed by atoms with Crippen molar-refractivity contribution in [3.63, 3.8) is 0 Å². The van der Waals surface area contributed by atoms with Crippen LogP contribution < -0.4 is 20.7 Å². The van der Waals surface area contributed by atoms with Gasteiger partial charge in [-0.15, -0.1) is 0 Å². The molecule has 1 aliphatic rings. The Morgan fingerprint density at radius 1 is 1.03 bits per heavy atom. The molecule has 3 amide bonds. The van der Waals surface area contributed by atoms with Crippen LogP contribution in [-0.4, -0.2) is 43.0 Å². The van der Waals surface area contributed by atoms with Gasteiger partial charge in [0.25, 0.3) is 5.91 Å². The maximum absolute atomic E-state index is 12.6. The van der Waals surface area contributed by atoms with Crippen LogP contribution in [0.25, 0.3) is 0 Å². The Morgan fingerprint density at radius 2 is 1.75 bits per heavy atom. The molecule has 0 radical (unpaired) electrons. The van der Waals surface area contributed by atoms with Crippen LogP contribution in [-0.2, 0) is 16.0 Å². The van der Waals surface area contributed by atoms with Crippen molar-refractivity contribution < 1.29 is 19.1 Å². The van der Waals surface area contributed by atoms with Gasteiger partial charge >= 0.3 is 0 Å². The predicted molar refractivity (Wildman–Crippen MR) is 122 cm³/mol. The molecule has 1 saturated carbocycles. The van der Waals surface area contributed by atoms with Crippen LogP contribution in [0.1, 0.15) is 48.5 Å². The lowest BCUT2D eigenvalue weighted by Crippen LogP contribution is -2.51. The monoisotopic (exact) mass is 437 g/mol. The van der Waals surface area contributed by atoms with E-state index in [0.29, 0.717) is 24.3 Å². The SMILES string of the molecule is CCCCOc1ccc(C(=O)NCC(=O)NC(Cc2ccccc2)C(=O)NC2CC2)cc1. The second-order valence-electron chi connectivity index (χ2n) is 8.00. The summed E-state index contributed by atoms with van der Waals surface area (Å²) in [6.45, 7) is 2.52. The fourth-order valence-corrected chi connectivity index (χ4v) is 3.13. The molecule has 3 N–H and O–H groups in total. The number of amides is 3. The molecule has 0 bridgehead atoms. The van der Waals surface area contributed by atoms with Crippen LogP contribution in [0.5, 0.6) is 5.75 Å². The molecule has 170 valence electrons. The van der Waals surface area contributed by atoms with E-state index in [4.69, 9.17) is 4.74 Å². The number of carbonyl (C=O) groups is 3. The number of rotatable bonds is 12. The number of unbranched alkanes of at least 4 members (excludes halogenated alkanes) is 1. The minimum absolute atomic E-state index is 0.199. The number of nitrogens with one attached hydrogen (secondary N) is 3. The van der Waals surface area contributed by atoms with E-state index in [2.05, 4.69) is 22.9 Å². The molecule has 7 heteroatoms. The van der Waals surface area contributed by atoms with Gasteiger partial charge in [0.2, 0.25) is 11.8 Å². The molecule has 1 fully saturated rings. The number of benzene rings is 2. The van der Waals surface area contributed by atoms with Crippen LogP contribution in [0, 0.1) is 0 Å². The molecule has 1 aliphatic carbocycles. The van der Waals surface area contributed by atoms with E-state index in [1.807, 2.05) is 30.3 Å². The van der Waals surface area contributed by atoms with Crippen LogP contribution >= 0.6 is 0 Å². The zero-order valence-corrected chi connectivity index (χ0v) is 18.4. The van der Waals surface area contributed by atoms with Gasteiger partial charge in [-0.1, -0.05) is 43.7 Å². The highest BCUT2D eigenvalue weighted by Gasteiger charge is 2.28. The quantitative estimate of drug-likeness (QED) is 0.445. The zero-order valence-electron chi connectivity index (χ0n) is 18.4. The van der Waals surface area contributed by atoms with Crippen molar-refractivity contribution in [1.82, 2.24) is 16.0 Å². The number of carbonyl (C=O) groups excluding carboxylic acids is 3. The van der Waals surface area contributed by atoms with Gasteiger partial charge in [-0.25, -0.2) is 0 Å². The van der Waals surface area contributed by atoms with Crippen molar-refractivity contribution in [3.05, 3.63) is 65.7 Å². The Bertz CT molecular complexity index is 895. The Labute approximate surface area is 188 Å². The normalized spacial score (nSPS) is 13.7. The summed E-state index contributed by atoms with van der Waals surface area (Å²) in [5, 5.41) is 8.31. The Morgan fingerprint density at radius 3 is 2.41 bits per heavy atom. The fraction of sp³-hybridized carbons (Fsp3) is 0.400. The van der Waals surface area contributed by atoms with Crippen LogP contribution in [0.15, 0.2) is 54.6 Å². The Hall–Kier alpha value is -3.35. The molecule has 0 spiro atoms. The molecule has 0 aromatic heterocycles. The maximum atomic E-state index is 12.6. The summed E-state index contributed by atoms with van der Waals surface area (Å²) < 4.78 is 5.59. The summed E-state index contributed by atoms with van der Waals surface area (Å²) in [5.41, 5.74) is 1.39. The van der Waals surface area contributed by atoms with Gasteiger partial charge in [0, 0.05) is 18.0 Å². The van der Waals surface area contributed by atoms with E-state index in [1.165, 1.54) is 0 Å². The van der Waals surface area contributed by atoms with Gasteiger partial charge in [0.05, 0.1) is 13.2 Å². The molecule has 0 saturated heterocycles.